The van der Waals surface area contributed by atoms with Crippen molar-refractivity contribution < 1.29 is 13.2 Å². The van der Waals surface area contributed by atoms with Crippen molar-refractivity contribution in [2.24, 2.45) is 5.92 Å². The quantitative estimate of drug-likeness (QED) is 0.346. The number of anilines is 1. The summed E-state index contributed by atoms with van der Waals surface area (Å²) in [6.45, 7) is 5.51. The van der Waals surface area contributed by atoms with E-state index in [0.29, 0.717) is 36.2 Å². The summed E-state index contributed by atoms with van der Waals surface area (Å²) in [6.07, 6.45) is 5.15. The zero-order valence-corrected chi connectivity index (χ0v) is 21.9. The molecule has 0 saturated carbocycles. The van der Waals surface area contributed by atoms with Crippen molar-refractivity contribution in [2.75, 3.05) is 18.0 Å². The Labute approximate surface area is 215 Å². The van der Waals surface area contributed by atoms with Crippen LogP contribution in [0.2, 0.25) is 0 Å². The standard InChI is InChI=1S/C27H28N4O3S2/c1-19-12-15-30(16-13-19)36(33,34)23-10-8-22(9-11-23)26(32)31(18-21-6-4-14-28-17-21)27-29-25-20(2)5-3-7-24(25)35-27/h3-11,14,17,19H,12-13,15-16,18H2,1-2H3. The summed E-state index contributed by atoms with van der Waals surface area (Å²) in [5, 5.41) is 0.590. The lowest BCUT2D eigenvalue weighted by atomic mass is 10.0. The SMILES string of the molecule is Cc1cccc2sc(N(Cc3cccnc3)C(=O)c3ccc(S(=O)(=O)N4CCC(C)CC4)cc3)nc12. The minimum atomic E-state index is -3.58. The van der Waals surface area contributed by atoms with E-state index < -0.39 is 10.0 Å². The number of pyridine rings is 1. The van der Waals surface area contributed by atoms with Crippen LogP contribution in [0.15, 0.2) is 71.9 Å². The highest BCUT2D eigenvalue weighted by molar-refractivity contribution is 7.89. The molecule has 0 bridgehead atoms. The Morgan fingerprint density at radius 3 is 2.50 bits per heavy atom. The van der Waals surface area contributed by atoms with Crippen molar-refractivity contribution in [3.05, 3.63) is 83.7 Å². The van der Waals surface area contributed by atoms with E-state index in [1.54, 1.807) is 33.7 Å². The van der Waals surface area contributed by atoms with Gasteiger partial charge in [0.1, 0.15) is 0 Å². The molecule has 0 radical (unpaired) electrons. The number of benzene rings is 2. The number of sulfonamides is 1. The van der Waals surface area contributed by atoms with Crippen LogP contribution < -0.4 is 4.90 Å². The summed E-state index contributed by atoms with van der Waals surface area (Å²) in [7, 11) is -3.58. The van der Waals surface area contributed by atoms with E-state index in [0.717, 1.165) is 34.2 Å². The molecule has 0 unspecified atom stereocenters. The van der Waals surface area contributed by atoms with Gasteiger partial charge in [-0.25, -0.2) is 13.4 Å². The molecular formula is C27H28N4O3S2. The molecule has 1 fully saturated rings. The monoisotopic (exact) mass is 520 g/mol. The zero-order chi connectivity index (χ0) is 25.3. The molecule has 1 amide bonds. The normalized spacial score (nSPS) is 15.3. The van der Waals surface area contributed by atoms with Crippen molar-refractivity contribution in [1.82, 2.24) is 14.3 Å². The number of thiazole rings is 1. The summed E-state index contributed by atoms with van der Waals surface area (Å²) >= 11 is 1.46. The van der Waals surface area contributed by atoms with E-state index in [1.165, 1.54) is 23.5 Å². The largest absolute Gasteiger partial charge is 0.279 e. The molecule has 9 heteroatoms. The summed E-state index contributed by atoms with van der Waals surface area (Å²) in [5.41, 5.74) is 3.20. The van der Waals surface area contributed by atoms with Crippen molar-refractivity contribution in [3.63, 3.8) is 0 Å². The molecule has 0 spiro atoms. The fraction of sp³-hybridized carbons (Fsp3) is 0.296. The van der Waals surface area contributed by atoms with E-state index in [2.05, 4.69) is 11.9 Å². The first-order chi connectivity index (χ1) is 17.3. The van der Waals surface area contributed by atoms with E-state index in [1.807, 2.05) is 37.3 Å². The van der Waals surface area contributed by atoms with Crippen LogP contribution in [0.1, 0.15) is 41.3 Å². The number of nitrogens with zero attached hydrogens (tertiary/aromatic N) is 4. The number of aryl methyl sites for hydroxylation is 1. The average Bonchev–Trinajstić information content (AvgIpc) is 3.33. The number of rotatable bonds is 6. The predicted molar refractivity (Wildman–Crippen MR) is 143 cm³/mol. The maximum atomic E-state index is 13.7. The van der Waals surface area contributed by atoms with Crippen molar-refractivity contribution in [3.8, 4) is 0 Å². The molecule has 7 nitrogen and oxygen atoms in total. The van der Waals surface area contributed by atoms with Gasteiger partial charge in [-0.1, -0.05) is 36.5 Å². The Hall–Kier alpha value is -3.14. The predicted octanol–water partition coefficient (Wildman–Crippen LogP) is 5.27. The van der Waals surface area contributed by atoms with Gasteiger partial charge in [0, 0.05) is 31.0 Å². The summed E-state index contributed by atoms with van der Waals surface area (Å²) < 4.78 is 28.8. The molecule has 186 valence electrons. The van der Waals surface area contributed by atoms with Crippen LogP contribution in [0.5, 0.6) is 0 Å². The van der Waals surface area contributed by atoms with Crippen LogP contribution in [0.25, 0.3) is 10.2 Å². The third kappa shape index (κ3) is 4.91. The number of aromatic nitrogens is 2. The molecule has 0 N–H and O–H groups in total. The third-order valence-electron chi connectivity index (χ3n) is 6.63. The minimum absolute atomic E-state index is 0.211. The Bertz CT molecular complexity index is 1480. The number of carbonyl (C=O) groups is 1. The van der Waals surface area contributed by atoms with Crippen molar-refractivity contribution in [1.29, 1.82) is 0 Å². The number of hydrogen-bond donors (Lipinski definition) is 0. The van der Waals surface area contributed by atoms with Gasteiger partial charge in [0.05, 0.1) is 21.7 Å². The lowest BCUT2D eigenvalue weighted by Crippen LogP contribution is -2.37. The van der Waals surface area contributed by atoms with Crippen LogP contribution in [0, 0.1) is 12.8 Å². The molecule has 2 aromatic heterocycles. The number of fused-ring (bicyclic) bond motifs is 1. The number of hydrogen-bond acceptors (Lipinski definition) is 6. The maximum absolute atomic E-state index is 13.7. The lowest BCUT2D eigenvalue weighted by molar-refractivity contribution is 0.0985. The van der Waals surface area contributed by atoms with Gasteiger partial charge in [-0.2, -0.15) is 4.31 Å². The molecule has 4 aromatic rings. The molecule has 2 aromatic carbocycles. The van der Waals surface area contributed by atoms with Gasteiger partial charge < -0.3 is 0 Å². The van der Waals surface area contributed by atoms with Crippen LogP contribution in [-0.2, 0) is 16.6 Å². The van der Waals surface area contributed by atoms with Gasteiger partial charge in [-0.15, -0.1) is 0 Å². The van der Waals surface area contributed by atoms with Gasteiger partial charge >= 0.3 is 0 Å². The zero-order valence-electron chi connectivity index (χ0n) is 20.3. The summed E-state index contributed by atoms with van der Waals surface area (Å²) in [6, 6.07) is 16.0. The average molecular weight is 521 g/mol. The van der Waals surface area contributed by atoms with Crippen molar-refractivity contribution in [2.45, 2.75) is 38.1 Å². The Morgan fingerprint density at radius 2 is 1.83 bits per heavy atom. The van der Waals surface area contributed by atoms with Crippen LogP contribution in [0.3, 0.4) is 0 Å². The van der Waals surface area contributed by atoms with E-state index in [-0.39, 0.29) is 10.8 Å². The molecule has 36 heavy (non-hydrogen) atoms. The second-order valence-corrected chi connectivity index (χ2v) is 12.2. The van der Waals surface area contributed by atoms with Gasteiger partial charge in [0.2, 0.25) is 10.0 Å². The van der Waals surface area contributed by atoms with E-state index in [9.17, 15) is 13.2 Å². The Balaban J connectivity index is 1.45. The molecule has 0 aliphatic carbocycles. The number of piperidine rings is 1. The van der Waals surface area contributed by atoms with Gasteiger partial charge in [-0.05, 0) is 73.2 Å². The first kappa shape index (κ1) is 24.5. The fourth-order valence-electron chi connectivity index (χ4n) is 4.39. The molecule has 3 heterocycles. The van der Waals surface area contributed by atoms with Crippen LogP contribution in [-0.4, -0.2) is 41.7 Å². The van der Waals surface area contributed by atoms with E-state index >= 15 is 0 Å². The van der Waals surface area contributed by atoms with Gasteiger partial charge in [0.25, 0.3) is 5.91 Å². The maximum Gasteiger partial charge on any atom is 0.260 e. The minimum Gasteiger partial charge on any atom is -0.279 e. The van der Waals surface area contributed by atoms with Crippen molar-refractivity contribution >= 4 is 42.6 Å². The Morgan fingerprint density at radius 1 is 1.08 bits per heavy atom. The Kier molecular flexibility index (Phi) is 6.87. The molecule has 1 aliphatic heterocycles. The molecule has 1 aliphatic rings. The summed E-state index contributed by atoms with van der Waals surface area (Å²) in [4.78, 5) is 24.5. The topological polar surface area (TPSA) is 83.5 Å². The molecule has 1 saturated heterocycles. The first-order valence-electron chi connectivity index (χ1n) is 12.0. The smallest absolute Gasteiger partial charge is 0.260 e. The van der Waals surface area contributed by atoms with Gasteiger partial charge in [0.15, 0.2) is 5.13 Å². The van der Waals surface area contributed by atoms with E-state index in [4.69, 9.17) is 4.98 Å². The van der Waals surface area contributed by atoms with Crippen LogP contribution in [0.4, 0.5) is 5.13 Å². The first-order valence-corrected chi connectivity index (χ1v) is 14.3. The second-order valence-electron chi connectivity index (χ2n) is 9.28. The summed E-state index contributed by atoms with van der Waals surface area (Å²) in [5.74, 6) is 0.292. The highest BCUT2D eigenvalue weighted by Crippen LogP contribution is 2.32. The molecule has 0 atom stereocenters. The number of para-hydroxylation sites is 1. The highest BCUT2D eigenvalue weighted by atomic mass is 32.2. The fourth-order valence-corrected chi connectivity index (χ4v) is 6.90. The number of carbonyl (C=O) groups excluding carboxylic acids is 1. The number of amides is 1. The van der Waals surface area contributed by atoms with Crippen LogP contribution >= 0.6 is 11.3 Å². The highest BCUT2D eigenvalue weighted by Gasteiger charge is 2.29. The lowest BCUT2D eigenvalue weighted by Gasteiger charge is -2.29. The third-order valence-corrected chi connectivity index (χ3v) is 9.59. The second kappa shape index (κ2) is 10.1. The molecular weight excluding hydrogens is 492 g/mol. The van der Waals surface area contributed by atoms with Gasteiger partial charge in [-0.3, -0.25) is 14.7 Å². The molecule has 5 rings (SSSR count).